The number of nitrogens with zero attached hydrogens (tertiary/aromatic N) is 4. The fourth-order valence-electron chi connectivity index (χ4n) is 5.29. The number of ether oxygens (including phenoxy) is 1. The number of hydrogen-bond acceptors (Lipinski definition) is 6. The number of alkyl halides is 2. The topological polar surface area (TPSA) is 93.9 Å². The van der Waals surface area contributed by atoms with Gasteiger partial charge in [-0.15, -0.1) is 0 Å². The molecule has 1 saturated heterocycles. The average Bonchev–Trinajstić information content (AvgIpc) is 3.05. The van der Waals surface area contributed by atoms with Crippen molar-refractivity contribution in [3.8, 4) is 11.8 Å². The highest BCUT2D eigenvalue weighted by Gasteiger charge is 2.28. The number of allylic oxidation sites excluding steroid dienone is 4. The van der Waals surface area contributed by atoms with Gasteiger partial charge in [-0.1, -0.05) is 30.4 Å². The molecule has 1 heterocycles. The molecule has 1 aliphatic carbocycles. The fourth-order valence-corrected chi connectivity index (χ4v) is 5.29. The number of likely N-dealkylation sites (tertiary alicyclic amines) is 1. The van der Waals surface area contributed by atoms with Gasteiger partial charge >= 0.3 is 0 Å². The van der Waals surface area contributed by atoms with E-state index < -0.39 is 25.4 Å². The molecule has 8 nitrogen and oxygen atoms in total. The van der Waals surface area contributed by atoms with Crippen LogP contribution >= 0.6 is 0 Å². The Kier molecular flexibility index (Phi) is 10.4. The third-order valence-electron chi connectivity index (χ3n) is 7.67. The predicted octanol–water partition coefficient (Wildman–Crippen LogP) is 4.83. The zero-order valence-electron chi connectivity index (χ0n) is 23.5. The molecule has 0 radical (unpaired) electrons. The first-order valence-electron chi connectivity index (χ1n) is 13.9. The summed E-state index contributed by atoms with van der Waals surface area (Å²) < 4.78 is 31.8. The van der Waals surface area contributed by atoms with E-state index in [4.69, 9.17) is 4.74 Å². The summed E-state index contributed by atoms with van der Waals surface area (Å²) in [5.41, 5.74) is 3.41. The Morgan fingerprint density at radius 3 is 2.52 bits per heavy atom. The largest absolute Gasteiger partial charge is 0.485 e. The summed E-state index contributed by atoms with van der Waals surface area (Å²) in [6, 6.07) is 12.1. The zero-order chi connectivity index (χ0) is 30.1. The average molecular weight is 577 g/mol. The van der Waals surface area contributed by atoms with Crippen LogP contribution < -0.4 is 9.64 Å². The Balaban J connectivity index is 1.63. The highest BCUT2D eigenvalue weighted by atomic mass is 19.1. The Morgan fingerprint density at radius 2 is 1.90 bits per heavy atom. The van der Waals surface area contributed by atoms with Gasteiger partial charge in [-0.3, -0.25) is 19.3 Å². The number of imide groups is 1. The zero-order valence-corrected chi connectivity index (χ0v) is 23.5. The highest BCUT2D eigenvalue weighted by Crippen LogP contribution is 2.31. The first-order chi connectivity index (χ1) is 20.4. The lowest BCUT2D eigenvalue weighted by Crippen LogP contribution is -2.43. The minimum atomic E-state index is -1.32. The summed E-state index contributed by atoms with van der Waals surface area (Å²) in [6.07, 6.45) is 9.23. The molecule has 0 N–H and O–H groups in total. The molecule has 0 atom stereocenters. The summed E-state index contributed by atoms with van der Waals surface area (Å²) in [6.45, 7) is -1.03. The number of benzene rings is 2. The number of nitriles is 1. The second-order valence-corrected chi connectivity index (χ2v) is 10.4. The summed E-state index contributed by atoms with van der Waals surface area (Å²) >= 11 is 0. The lowest BCUT2D eigenvalue weighted by atomic mass is 9.94. The van der Waals surface area contributed by atoms with Crippen molar-refractivity contribution < 1.29 is 27.9 Å². The number of anilines is 1. The predicted molar refractivity (Wildman–Crippen MR) is 155 cm³/mol. The molecule has 0 unspecified atom stereocenters. The molecule has 2 aromatic rings. The molecule has 1 fully saturated rings. The van der Waals surface area contributed by atoms with Crippen LogP contribution in [-0.2, 0) is 16.1 Å². The van der Waals surface area contributed by atoms with Crippen molar-refractivity contribution in [2.24, 2.45) is 0 Å². The summed E-state index contributed by atoms with van der Waals surface area (Å²) in [4.78, 5) is 41.9. The lowest BCUT2D eigenvalue weighted by Gasteiger charge is -2.37. The molecule has 0 aromatic heterocycles. The van der Waals surface area contributed by atoms with Crippen LogP contribution in [0.25, 0.3) is 5.57 Å². The van der Waals surface area contributed by atoms with Crippen LogP contribution in [0.1, 0.15) is 52.7 Å². The van der Waals surface area contributed by atoms with E-state index >= 15 is 0 Å². The minimum Gasteiger partial charge on any atom is -0.485 e. The second-order valence-electron chi connectivity index (χ2n) is 10.4. The van der Waals surface area contributed by atoms with E-state index in [1.165, 1.54) is 6.07 Å². The highest BCUT2D eigenvalue weighted by molar-refractivity contribution is 6.04. The van der Waals surface area contributed by atoms with Crippen LogP contribution in [0, 0.1) is 11.3 Å². The fraction of sp³-hybridized carbons (Fsp3) is 0.375. The number of piperidine rings is 1. The van der Waals surface area contributed by atoms with E-state index in [2.05, 4.69) is 18.2 Å². The van der Waals surface area contributed by atoms with Gasteiger partial charge in [0.2, 0.25) is 12.8 Å². The number of carbonyl (C=O) groups excluding carboxylic acids is 3. The van der Waals surface area contributed by atoms with Crippen molar-refractivity contribution in [3.63, 3.8) is 0 Å². The van der Waals surface area contributed by atoms with Crippen molar-refractivity contribution in [1.82, 2.24) is 9.80 Å². The standard InChI is InChI=1S/C32H34F2N4O4/c1-36(26-11-13-37(21-39)14-12-26)31-10-8-27(42-28(17-33)18-34)16-30(31)32(41)38(22-40)20-23-7-9-29(25(15-23)19-35)24-5-3-2-4-6-24/h3,5-10,15-16,21-22,26,28H,2,4,11-14,17-18,20H2,1H3. The van der Waals surface area contributed by atoms with Crippen LogP contribution in [-0.4, -0.2) is 74.2 Å². The van der Waals surface area contributed by atoms with Crippen LogP contribution in [0.4, 0.5) is 14.5 Å². The summed E-state index contributed by atoms with van der Waals surface area (Å²) in [7, 11) is 1.83. The Bertz CT molecular complexity index is 1390. The molecule has 1 aliphatic heterocycles. The Morgan fingerprint density at radius 1 is 1.14 bits per heavy atom. The molecule has 0 saturated carbocycles. The van der Waals surface area contributed by atoms with Crippen molar-refractivity contribution in [2.75, 3.05) is 38.4 Å². The number of carbonyl (C=O) groups is 3. The number of halogens is 2. The quantitative estimate of drug-likeness (QED) is 0.336. The molecule has 2 aromatic carbocycles. The lowest BCUT2D eigenvalue weighted by molar-refractivity contribution is -0.119. The van der Waals surface area contributed by atoms with Gasteiger partial charge in [-0.25, -0.2) is 8.78 Å². The summed E-state index contributed by atoms with van der Waals surface area (Å²) in [5.74, 6) is -0.525. The van der Waals surface area contributed by atoms with E-state index in [9.17, 15) is 28.4 Å². The van der Waals surface area contributed by atoms with Crippen molar-refractivity contribution in [1.29, 1.82) is 5.26 Å². The van der Waals surface area contributed by atoms with Crippen molar-refractivity contribution in [3.05, 3.63) is 76.9 Å². The molecule has 10 heteroatoms. The van der Waals surface area contributed by atoms with Gasteiger partial charge in [0, 0.05) is 31.9 Å². The molecule has 220 valence electrons. The molecule has 0 bridgehead atoms. The third kappa shape index (κ3) is 7.03. The maximum absolute atomic E-state index is 13.9. The maximum atomic E-state index is 13.9. The number of hydrogen-bond donors (Lipinski definition) is 0. The Labute approximate surface area is 244 Å². The van der Waals surface area contributed by atoms with Crippen molar-refractivity contribution >= 4 is 30.0 Å². The first kappa shape index (κ1) is 30.4. The molecule has 2 aliphatic rings. The van der Waals surface area contributed by atoms with E-state index in [1.807, 2.05) is 24.1 Å². The third-order valence-corrected chi connectivity index (χ3v) is 7.67. The van der Waals surface area contributed by atoms with Crippen LogP contribution in [0.5, 0.6) is 5.75 Å². The van der Waals surface area contributed by atoms with Gasteiger partial charge in [-0.05, 0) is 66.6 Å². The molecule has 42 heavy (non-hydrogen) atoms. The molecule has 3 amide bonds. The van der Waals surface area contributed by atoms with Gasteiger partial charge in [0.15, 0.2) is 6.10 Å². The first-order valence-corrected chi connectivity index (χ1v) is 13.9. The summed E-state index contributed by atoms with van der Waals surface area (Å²) in [5, 5.41) is 9.80. The van der Waals surface area contributed by atoms with Gasteiger partial charge in [0.05, 0.1) is 23.7 Å². The minimum absolute atomic E-state index is 0.0162. The number of rotatable bonds is 12. The number of amides is 3. The SMILES string of the molecule is CN(c1ccc(OC(CF)CF)cc1C(=O)N(C=O)Cc1ccc(C2=CCCC=C2)c(C#N)c1)C1CCN(C=O)CC1. The monoisotopic (exact) mass is 576 g/mol. The normalized spacial score (nSPS) is 15.1. The van der Waals surface area contributed by atoms with Crippen LogP contribution in [0.2, 0.25) is 0 Å². The Hall–Kier alpha value is -4.52. The van der Waals surface area contributed by atoms with Gasteiger partial charge in [0.1, 0.15) is 19.1 Å². The maximum Gasteiger partial charge on any atom is 0.262 e. The van der Waals surface area contributed by atoms with Crippen molar-refractivity contribution in [2.45, 2.75) is 44.4 Å². The molecule has 0 spiro atoms. The van der Waals surface area contributed by atoms with Gasteiger partial charge in [-0.2, -0.15) is 5.26 Å². The van der Waals surface area contributed by atoms with E-state index in [0.29, 0.717) is 49.2 Å². The van der Waals surface area contributed by atoms with E-state index in [1.54, 1.807) is 29.2 Å². The molecular weight excluding hydrogens is 542 g/mol. The van der Waals surface area contributed by atoms with Gasteiger partial charge < -0.3 is 14.5 Å². The van der Waals surface area contributed by atoms with E-state index in [-0.39, 0.29) is 23.9 Å². The second kappa shape index (κ2) is 14.4. The molecular formula is C32H34F2N4O4. The molecule has 4 rings (SSSR count). The van der Waals surface area contributed by atoms with Crippen LogP contribution in [0.15, 0.2) is 54.6 Å². The van der Waals surface area contributed by atoms with Gasteiger partial charge in [0.25, 0.3) is 5.91 Å². The smallest absolute Gasteiger partial charge is 0.262 e. The van der Waals surface area contributed by atoms with Crippen LogP contribution in [0.3, 0.4) is 0 Å². The van der Waals surface area contributed by atoms with E-state index in [0.717, 1.165) is 35.3 Å².